The first-order valence-electron chi connectivity index (χ1n) is 9.46. The number of piperidine rings is 1. The van der Waals surface area contributed by atoms with Gasteiger partial charge in [-0.2, -0.15) is 0 Å². The monoisotopic (exact) mass is 390 g/mol. The molecule has 8 heteroatoms. The van der Waals surface area contributed by atoms with Crippen molar-refractivity contribution in [3.8, 4) is 11.5 Å². The largest absolute Gasteiger partial charge is 0.461 e. The van der Waals surface area contributed by atoms with Crippen LogP contribution < -0.4 is 5.56 Å². The molecule has 29 heavy (non-hydrogen) atoms. The molecule has 1 aromatic carbocycles. The van der Waals surface area contributed by atoms with Crippen molar-refractivity contribution < 1.29 is 13.7 Å². The van der Waals surface area contributed by atoms with Gasteiger partial charge in [0.1, 0.15) is 0 Å². The molecule has 0 bridgehead atoms. The number of carbonyl (C=O) groups excluding carboxylic acids is 1. The fraction of sp³-hybridized carbons (Fsp3) is 0.238. The summed E-state index contributed by atoms with van der Waals surface area (Å²) in [5.41, 5.74) is 0.808. The quantitative estimate of drug-likeness (QED) is 0.533. The highest BCUT2D eigenvalue weighted by Gasteiger charge is 2.28. The lowest BCUT2D eigenvalue weighted by atomic mass is 10.0. The van der Waals surface area contributed by atoms with Gasteiger partial charge in [0.05, 0.1) is 29.5 Å². The molecule has 1 atom stereocenters. The lowest BCUT2D eigenvalue weighted by molar-refractivity contribution is 0.0667. The molecule has 0 unspecified atom stereocenters. The van der Waals surface area contributed by atoms with E-state index in [4.69, 9.17) is 8.94 Å². The number of para-hydroxylation sites is 1. The van der Waals surface area contributed by atoms with Gasteiger partial charge in [0.15, 0.2) is 11.5 Å². The standard InChI is InChI=1S/C21H18N4O4/c26-20-15-6-1-2-7-16(15)22-13-25(20)14-5-3-9-24(12-14)21(27)17-11-19(29-23-17)18-8-4-10-28-18/h1-2,4,6-8,10-11,13-14H,3,5,9,12H2/t14-/m1/s1. The second-order valence-corrected chi connectivity index (χ2v) is 7.08. The highest BCUT2D eigenvalue weighted by molar-refractivity contribution is 5.93. The number of likely N-dealkylation sites (tertiary alicyclic amines) is 1. The molecule has 146 valence electrons. The molecule has 0 N–H and O–H groups in total. The zero-order valence-corrected chi connectivity index (χ0v) is 15.5. The summed E-state index contributed by atoms with van der Waals surface area (Å²) in [4.78, 5) is 31.9. The average molecular weight is 390 g/mol. The van der Waals surface area contributed by atoms with Crippen molar-refractivity contribution in [3.63, 3.8) is 0 Å². The third-order valence-electron chi connectivity index (χ3n) is 5.26. The number of aromatic nitrogens is 3. The van der Waals surface area contributed by atoms with E-state index in [-0.39, 0.29) is 23.2 Å². The van der Waals surface area contributed by atoms with Gasteiger partial charge in [-0.05, 0) is 37.1 Å². The van der Waals surface area contributed by atoms with Gasteiger partial charge in [-0.1, -0.05) is 17.3 Å². The summed E-state index contributed by atoms with van der Waals surface area (Å²) in [5.74, 6) is 0.696. The van der Waals surface area contributed by atoms with Gasteiger partial charge in [-0.25, -0.2) is 4.98 Å². The van der Waals surface area contributed by atoms with Crippen LogP contribution in [-0.2, 0) is 0 Å². The van der Waals surface area contributed by atoms with Gasteiger partial charge in [-0.3, -0.25) is 14.2 Å². The van der Waals surface area contributed by atoms with E-state index in [1.165, 1.54) is 6.26 Å². The number of benzene rings is 1. The lowest BCUT2D eigenvalue weighted by Gasteiger charge is -2.33. The Labute approximate surface area is 165 Å². The molecule has 8 nitrogen and oxygen atoms in total. The van der Waals surface area contributed by atoms with Gasteiger partial charge in [0, 0.05) is 19.2 Å². The maximum Gasteiger partial charge on any atom is 0.276 e. The molecule has 0 saturated carbocycles. The van der Waals surface area contributed by atoms with Crippen LogP contribution >= 0.6 is 0 Å². The van der Waals surface area contributed by atoms with E-state index in [9.17, 15) is 9.59 Å². The molecule has 1 amide bonds. The molecule has 1 aliphatic heterocycles. The van der Waals surface area contributed by atoms with Crippen molar-refractivity contribution in [1.29, 1.82) is 0 Å². The Kier molecular flexibility index (Phi) is 4.23. The van der Waals surface area contributed by atoms with Crippen molar-refractivity contribution in [2.75, 3.05) is 13.1 Å². The fourth-order valence-electron chi connectivity index (χ4n) is 3.78. The van der Waals surface area contributed by atoms with E-state index in [1.807, 2.05) is 18.2 Å². The molecule has 1 saturated heterocycles. The van der Waals surface area contributed by atoms with E-state index in [0.717, 1.165) is 12.8 Å². The fourth-order valence-corrected chi connectivity index (χ4v) is 3.78. The van der Waals surface area contributed by atoms with E-state index in [2.05, 4.69) is 10.1 Å². The summed E-state index contributed by atoms with van der Waals surface area (Å²) in [7, 11) is 0. The highest BCUT2D eigenvalue weighted by atomic mass is 16.5. The second-order valence-electron chi connectivity index (χ2n) is 7.08. The van der Waals surface area contributed by atoms with Crippen LogP contribution in [0.1, 0.15) is 29.4 Å². The van der Waals surface area contributed by atoms with Gasteiger partial charge in [0.25, 0.3) is 11.5 Å². The number of fused-ring (bicyclic) bond motifs is 1. The molecular weight excluding hydrogens is 372 g/mol. The minimum atomic E-state index is -0.224. The molecule has 1 aliphatic rings. The van der Waals surface area contributed by atoms with Crippen LogP contribution in [0.4, 0.5) is 0 Å². The first-order valence-corrected chi connectivity index (χ1v) is 9.46. The number of hydrogen-bond acceptors (Lipinski definition) is 6. The van der Waals surface area contributed by atoms with Crippen LogP contribution in [0.25, 0.3) is 22.4 Å². The smallest absolute Gasteiger partial charge is 0.276 e. The summed E-state index contributed by atoms with van der Waals surface area (Å²) in [6.07, 6.45) is 4.71. The maximum absolute atomic E-state index is 12.9. The zero-order chi connectivity index (χ0) is 19.8. The van der Waals surface area contributed by atoms with Crippen molar-refractivity contribution in [2.45, 2.75) is 18.9 Å². The Morgan fingerprint density at radius 3 is 2.90 bits per heavy atom. The van der Waals surface area contributed by atoms with E-state index >= 15 is 0 Å². The minimum absolute atomic E-state index is 0.0866. The van der Waals surface area contributed by atoms with Gasteiger partial charge in [-0.15, -0.1) is 0 Å². The normalized spacial score (nSPS) is 17.0. The number of amides is 1. The summed E-state index contributed by atoms with van der Waals surface area (Å²) in [5, 5.41) is 4.48. The van der Waals surface area contributed by atoms with E-state index < -0.39 is 0 Å². The number of rotatable bonds is 3. The maximum atomic E-state index is 12.9. The first-order chi connectivity index (χ1) is 14.2. The van der Waals surface area contributed by atoms with Gasteiger partial charge >= 0.3 is 0 Å². The zero-order valence-electron chi connectivity index (χ0n) is 15.5. The molecule has 3 aromatic heterocycles. The summed E-state index contributed by atoms with van der Waals surface area (Å²) in [6.45, 7) is 1.02. The van der Waals surface area contributed by atoms with Crippen LogP contribution in [0.5, 0.6) is 0 Å². The second kappa shape index (κ2) is 7.05. The van der Waals surface area contributed by atoms with E-state index in [1.54, 1.807) is 40.1 Å². The molecule has 0 radical (unpaired) electrons. The predicted molar refractivity (Wildman–Crippen MR) is 104 cm³/mol. The van der Waals surface area contributed by atoms with Crippen molar-refractivity contribution in [1.82, 2.24) is 19.6 Å². The number of hydrogen-bond donors (Lipinski definition) is 0. The topological polar surface area (TPSA) is 94.4 Å². The van der Waals surface area contributed by atoms with Crippen LogP contribution in [0.15, 0.2) is 68.8 Å². The average Bonchev–Trinajstić information content (AvgIpc) is 3.46. The molecule has 0 aliphatic carbocycles. The number of furan rings is 1. The molecule has 4 aromatic rings. The van der Waals surface area contributed by atoms with Crippen LogP contribution in [0.2, 0.25) is 0 Å². The molecule has 4 heterocycles. The summed E-state index contributed by atoms with van der Waals surface area (Å²) in [6, 6.07) is 12.2. The van der Waals surface area contributed by atoms with Gasteiger partial charge < -0.3 is 13.8 Å². The number of carbonyl (C=O) groups is 1. The van der Waals surface area contributed by atoms with Crippen molar-refractivity contribution in [2.24, 2.45) is 0 Å². The minimum Gasteiger partial charge on any atom is -0.461 e. The van der Waals surface area contributed by atoms with Crippen molar-refractivity contribution >= 4 is 16.8 Å². The summed E-state index contributed by atoms with van der Waals surface area (Å²) >= 11 is 0. The van der Waals surface area contributed by atoms with Crippen molar-refractivity contribution in [3.05, 3.63) is 71.1 Å². The highest BCUT2D eigenvalue weighted by Crippen LogP contribution is 2.24. The van der Waals surface area contributed by atoms with E-state index in [0.29, 0.717) is 35.5 Å². The predicted octanol–water partition coefficient (Wildman–Crippen LogP) is 3.12. The molecular formula is C21H18N4O4. The van der Waals surface area contributed by atoms with Crippen LogP contribution in [0, 0.1) is 0 Å². The Balaban J connectivity index is 1.39. The molecule has 0 spiro atoms. The van der Waals surface area contributed by atoms with Crippen LogP contribution in [-0.4, -0.2) is 38.6 Å². The lowest BCUT2D eigenvalue weighted by Crippen LogP contribution is -2.43. The molecule has 5 rings (SSSR count). The Morgan fingerprint density at radius 1 is 1.14 bits per heavy atom. The first kappa shape index (κ1) is 17.4. The van der Waals surface area contributed by atoms with Crippen LogP contribution in [0.3, 0.4) is 0 Å². The summed E-state index contributed by atoms with van der Waals surface area (Å²) < 4.78 is 12.2. The number of nitrogens with zero attached hydrogens (tertiary/aromatic N) is 4. The Hall–Kier alpha value is -3.68. The SMILES string of the molecule is O=C(c1cc(-c2ccco2)on1)N1CCC[C@@H](n2cnc3ccccc3c2=O)C1. The molecule has 1 fully saturated rings. The van der Waals surface area contributed by atoms with Gasteiger partial charge in [0.2, 0.25) is 5.76 Å². The third-order valence-corrected chi connectivity index (χ3v) is 5.26. The Bertz CT molecular complexity index is 1220. The third kappa shape index (κ3) is 3.12. The Morgan fingerprint density at radius 2 is 2.03 bits per heavy atom.